The highest BCUT2D eigenvalue weighted by Crippen LogP contribution is 2.39. The van der Waals surface area contributed by atoms with Crippen LogP contribution < -0.4 is 5.32 Å². The highest BCUT2D eigenvalue weighted by Gasteiger charge is 2.32. The van der Waals surface area contributed by atoms with E-state index >= 15 is 0 Å². The summed E-state index contributed by atoms with van der Waals surface area (Å²) >= 11 is 0. The Hall–Kier alpha value is -1.43. The zero-order chi connectivity index (χ0) is 17.9. The smallest absolute Gasteiger partial charge is 0.255 e. The summed E-state index contributed by atoms with van der Waals surface area (Å²) in [6.45, 7) is 8.22. The Morgan fingerprint density at radius 3 is 2.60 bits per heavy atom. The molecular formula is C19H31N3O3. The molecule has 1 aromatic heterocycles. The minimum absolute atomic E-state index is 0.0474. The van der Waals surface area contributed by atoms with Gasteiger partial charge in [0, 0.05) is 25.5 Å². The SMILES string of the molecule is CC(C)(C)C1CCC(C(=O)NCCc2noc([C@@H]3CCCO3)n2)CC1. The fraction of sp³-hybridized carbons (Fsp3) is 0.842. The number of carbonyl (C=O) groups excluding carboxylic acids is 1. The summed E-state index contributed by atoms with van der Waals surface area (Å²) < 4.78 is 10.8. The average molecular weight is 349 g/mol. The number of hydrogen-bond acceptors (Lipinski definition) is 5. The van der Waals surface area contributed by atoms with E-state index in [-0.39, 0.29) is 17.9 Å². The number of rotatable bonds is 5. The van der Waals surface area contributed by atoms with Crippen molar-refractivity contribution in [3.63, 3.8) is 0 Å². The van der Waals surface area contributed by atoms with Crippen molar-refractivity contribution in [3.8, 4) is 0 Å². The first-order valence-electron chi connectivity index (χ1n) is 9.65. The topological polar surface area (TPSA) is 77.2 Å². The fourth-order valence-electron chi connectivity index (χ4n) is 3.94. The molecule has 0 bridgehead atoms. The van der Waals surface area contributed by atoms with Gasteiger partial charge in [-0.15, -0.1) is 0 Å². The first-order valence-corrected chi connectivity index (χ1v) is 9.65. The van der Waals surface area contributed by atoms with Gasteiger partial charge in [-0.1, -0.05) is 25.9 Å². The summed E-state index contributed by atoms with van der Waals surface area (Å²) in [7, 11) is 0. The molecule has 0 radical (unpaired) electrons. The molecule has 140 valence electrons. The van der Waals surface area contributed by atoms with Crippen molar-refractivity contribution < 1.29 is 14.1 Å². The Morgan fingerprint density at radius 2 is 1.96 bits per heavy atom. The lowest BCUT2D eigenvalue weighted by atomic mass is 9.69. The molecule has 6 heteroatoms. The largest absolute Gasteiger partial charge is 0.368 e. The van der Waals surface area contributed by atoms with Gasteiger partial charge >= 0.3 is 0 Å². The van der Waals surface area contributed by atoms with Crippen LogP contribution in [0.1, 0.15) is 77.1 Å². The lowest BCUT2D eigenvalue weighted by molar-refractivity contribution is -0.126. The summed E-state index contributed by atoms with van der Waals surface area (Å²) in [6, 6.07) is 0. The summed E-state index contributed by atoms with van der Waals surface area (Å²) in [6.07, 6.45) is 6.83. The second-order valence-corrected chi connectivity index (χ2v) is 8.51. The second kappa shape index (κ2) is 7.85. The minimum Gasteiger partial charge on any atom is -0.368 e. The molecule has 1 aliphatic carbocycles. The van der Waals surface area contributed by atoms with E-state index in [0.29, 0.717) is 30.1 Å². The predicted octanol–water partition coefficient (Wildman–Crippen LogP) is 3.43. The van der Waals surface area contributed by atoms with Crippen molar-refractivity contribution in [2.45, 2.75) is 71.8 Å². The zero-order valence-electron chi connectivity index (χ0n) is 15.7. The van der Waals surface area contributed by atoms with E-state index in [4.69, 9.17) is 9.26 Å². The van der Waals surface area contributed by atoms with Gasteiger partial charge in [0.05, 0.1) is 0 Å². The number of nitrogens with zero attached hydrogens (tertiary/aromatic N) is 2. The van der Waals surface area contributed by atoms with Crippen molar-refractivity contribution in [3.05, 3.63) is 11.7 Å². The van der Waals surface area contributed by atoms with Gasteiger partial charge in [-0.2, -0.15) is 4.98 Å². The Labute approximate surface area is 150 Å². The average Bonchev–Trinajstić information content (AvgIpc) is 3.25. The van der Waals surface area contributed by atoms with Crippen LogP contribution >= 0.6 is 0 Å². The molecule has 0 unspecified atom stereocenters. The zero-order valence-corrected chi connectivity index (χ0v) is 15.7. The van der Waals surface area contributed by atoms with Gasteiger partial charge in [0.15, 0.2) is 5.82 Å². The molecule has 1 aliphatic heterocycles. The van der Waals surface area contributed by atoms with E-state index < -0.39 is 0 Å². The second-order valence-electron chi connectivity index (χ2n) is 8.51. The predicted molar refractivity (Wildman–Crippen MR) is 93.8 cm³/mol. The van der Waals surface area contributed by atoms with E-state index in [1.807, 2.05) is 0 Å². The van der Waals surface area contributed by atoms with Crippen LogP contribution in [0.5, 0.6) is 0 Å². The standard InChI is InChI=1S/C19H31N3O3/c1-19(2,3)14-8-6-13(7-9-14)17(23)20-11-10-16-21-18(25-22-16)15-5-4-12-24-15/h13-15H,4-12H2,1-3H3,(H,20,23)/t13?,14?,15-/m0/s1. The Kier molecular flexibility index (Phi) is 5.77. The highest BCUT2D eigenvalue weighted by molar-refractivity contribution is 5.78. The van der Waals surface area contributed by atoms with E-state index in [0.717, 1.165) is 51.0 Å². The van der Waals surface area contributed by atoms with Crippen molar-refractivity contribution in [2.75, 3.05) is 13.2 Å². The molecule has 0 aromatic carbocycles. The third kappa shape index (κ3) is 4.81. The molecule has 1 atom stereocenters. The number of hydrogen-bond donors (Lipinski definition) is 1. The van der Waals surface area contributed by atoms with Crippen molar-refractivity contribution in [2.24, 2.45) is 17.3 Å². The maximum absolute atomic E-state index is 12.4. The quantitative estimate of drug-likeness (QED) is 0.881. The van der Waals surface area contributed by atoms with Gasteiger partial charge < -0.3 is 14.6 Å². The van der Waals surface area contributed by atoms with Crippen LogP contribution in [0.4, 0.5) is 0 Å². The Morgan fingerprint density at radius 1 is 1.20 bits per heavy atom. The summed E-state index contributed by atoms with van der Waals surface area (Å²) in [5.41, 5.74) is 0.348. The molecule has 1 amide bonds. The first-order chi connectivity index (χ1) is 11.9. The normalized spacial score (nSPS) is 27.4. The monoisotopic (exact) mass is 349 g/mol. The number of aromatic nitrogens is 2. The van der Waals surface area contributed by atoms with Crippen LogP contribution in [0.2, 0.25) is 0 Å². The van der Waals surface area contributed by atoms with Crippen LogP contribution in [-0.4, -0.2) is 29.2 Å². The summed E-state index contributed by atoms with van der Waals surface area (Å²) in [5.74, 6) is 2.27. The van der Waals surface area contributed by atoms with Crippen molar-refractivity contribution in [1.29, 1.82) is 0 Å². The molecule has 25 heavy (non-hydrogen) atoms. The molecule has 2 heterocycles. The lowest BCUT2D eigenvalue weighted by Gasteiger charge is -2.36. The molecule has 0 spiro atoms. The van der Waals surface area contributed by atoms with Gasteiger partial charge in [0.2, 0.25) is 5.91 Å². The third-order valence-corrected chi connectivity index (χ3v) is 5.66. The number of ether oxygens (including phenoxy) is 1. The Balaban J connectivity index is 1.38. The first kappa shape index (κ1) is 18.4. The molecule has 2 fully saturated rings. The number of amides is 1. The van der Waals surface area contributed by atoms with Gasteiger partial charge in [-0.3, -0.25) is 4.79 Å². The maximum Gasteiger partial charge on any atom is 0.255 e. The van der Waals surface area contributed by atoms with E-state index in [1.54, 1.807) is 0 Å². The van der Waals surface area contributed by atoms with E-state index in [9.17, 15) is 4.79 Å². The maximum atomic E-state index is 12.4. The highest BCUT2D eigenvalue weighted by atomic mass is 16.5. The molecule has 3 rings (SSSR count). The summed E-state index contributed by atoms with van der Waals surface area (Å²) in [4.78, 5) is 16.7. The van der Waals surface area contributed by atoms with Crippen LogP contribution in [0.25, 0.3) is 0 Å². The van der Waals surface area contributed by atoms with E-state index in [1.165, 1.54) is 0 Å². The van der Waals surface area contributed by atoms with Crippen LogP contribution in [0.3, 0.4) is 0 Å². The van der Waals surface area contributed by atoms with Gasteiger partial charge in [-0.25, -0.2) is 0 Å². The van der Waals surface area contributed by atoms with Gasteiger partial charge in [0.25, 0.3) is 5.89 Å². The number of carbonyl (C=O) groups is 1. The molecule has 1 saturated heterocycles. The van der Waals surface area contributed by atoms with Gasteiger partial charge in [-0.05, 0) is 49.9 Å². The van der Waals surface area contributed by atoms with Crippen LogP contribution in [0.15, 0.2) is 4.52 Å². The fourth-order valence-corrected chi connectivity index (χ4v) is 3.94. The van der Waals surface area contributed by atoms with Crippen LogP contribution in [0, 0.1) is 17.3 Å². The van der Waals surface area contributed by atoms with Crippen molar-refractivity contribution in [1.82, 2.24) is 15.5 Å². The molecule has 1 saturated carbocycles. The van der Waals surface area contributed by atoms with Crippen molar-refractivity contribution >= 4 is 5.91 Å². The molecule has 1 N–H and O–H groups in total. The number of nitrogens with one attached hydrogen (secondary N) is 1. The van der Waals surface area contributed by atoms with Crippen LogP contribution in [-0.2, 0) is 16.0 Å². The molecule has 1 aromatic rings. The molecule has 2 aliphatic rings. The van der Waals surface area contributed by atoms with Gasteiger partial charge in [0.1, 0.15) is 6.10 Å². The lowest BCUT2D eigenvalue weighted by Crippen LogP contribution is -2.36. The summed E-state index contributed by atoms with van der Waals surface area (Å²) in [5, 5.41) is 7.03. The molecule has 6 nitrogen and oxygen atoms in total. The Bertz CT molecular complexity index is 565. The third-order valence-electron chi connectivity index (χ3n) is 5.66. The minimum atomic E-state index is -0.0474. The van der Waals surface area contributed by atoms with E-state index in [2.05, 4.69) is 36.2 Å². The molecular weight excluding hydrogens is 318 g/mol.